The summed E-state index contributed by atoms with van der Waals surface area (Å²) in [7, 11) is 0. The van der Waals surface area contributed by atoms with E-state index >= 15 is 0 Å². The molecule has 6 nitrogen and oxygen atoms in total. The molecule has 2 atom stereocenters. The van der Waals surface area contributed by atoms with Gasteiger partial charge in [-0.1, -0.05) is 0 Å². The van der Waals surface area contributed by atoms with Crippen molar-refractivity contribution in [1.82, 2.24) is 19.4 Å². The maximum Gasteiger partial charge on any atom is 0.254 e. The standard InChI is InChI=1S/C16H21N5O/c1-12(17)14-3-2-7-20(10-14)16(22)13-4-5-19-15(9-13)21-8-6-18-11-21/h4-6,8-9,11-12,14H,2-3,7,10,17H2,1H3/t12-,14-/m0/s1. The van der Waals surface area contributed by atoms with Crippen LogP contribution in [0.1, 0.15) is 30.1 Å². The maximum atomic E-state index is 12.7. The van der Waals surface area contributed by atoms with E-state index in [1.807, 2.05) is 18.0 Å². The van der Waals surface area contributed by atoms with E-state index in [2.05, 4.69) is 9.97 Å². The van der Waals surface area contributed by atoms with Gasteiger partial charge in [0.25, 0.3) is 5.91 Å². The number of carbonyl (C=O) groups is 1. The molecule has 116 valence electrons. The summed E-state index contributed by atoms with van der Waals surface area (Å²) >= 11 is 0. The largest absolute Gasteiger partial charge is 0.338 e. The van der Waals surface area contributed by atoms with Gasteiger partial charge in [-0.05, 0) is 37.8 Å². The highest BCUT2D eigenvalue weighted by Gasteiger charge is 2.26. The lowest BCUT2D eigenvalue weighted by Gasteiger charge is -2.34. The number of likely N-dealkylation sites (tertiary alicyclic amines) is 1. The topological polar surface area (TPSA) is 77.0 Å². The van der Waals surface area contributed by atoms with Crippen molar-refractivity contribution >= 4 is 5.91 Å². The van der Waals surface area contributed by atoms with Crippen molar-refractivity contribution < 1.29 is 4.79 Å². The minimum absolute atomic E-state index is 0.0501. The van der Waals surface area contributed by atoms with E-state index in [0.717, 1.165) is 25.9 Å². The predicted molar refractivity (Wildman–Crippen MR) is 83.6 cm³/mol. The first-order chi connectivity index (χ1) is 10.6. The summed E-state index contributed by atoms with van der Waals surface area (Å²) in [5.74, 6) is 1.13. The Hall–Kier alpha value is -2.21. The zero-order valence-electron chi connectivity index (χ0n) is 12.7. The van der Waals surface area contributed by atoms with Gasteiger partial charge in [-0.2, -0.15) is 0 Å². The smallest absolute Gasteiger partial charge is 0.254 e. The van der Waals surface area contributed by atoms with Gasteiger partial charge in [-0.25, -0.2) is 9.97 Å². The number of carbonyl (C=O) groups excluding carboxylic acids is 1. The molecule has 2 aromatic heterocycles. The number of nitrogens with two attached hydrogens (primary N) is 1. The molecule has 1 aliphatic heterocycles. The van der Waals surface area contributed by atoms with Crippen LogP contribution in [0.25, 0.3) is 5.82 Å². The van der Waals surface area contributed by atoms with Crippen LogP contribution < -0.4 is 5.73 Å². The molecule has 0 unspecified atom stereocenters. The van der Waals surface area contributed by atoms with Crippen LogP contribution >= 0.6 is 0 Å². The molecule has 0 saturated carbocycles. The zero-order valence-corrected chi connectivity index (χ0v) is 12.7. The van der Waals surface area contributed by atoms with Gasteiger partial charge in [0.2, 0.25) is 0 Å². The van der Waals surface area contributed by atoms with Gasteiger partial charge in [-0.3, -0.25) is 9.36 Å². The molecule has 0 radical (unpaired) electrons. The fourth-order valence-corrected chi connectivity index (χ4v) is 2.89. The Morgan fingerprint density at radius 1 is 1.45 bits per heavy atom. The molecular formula is C16H21N5O. The summed E-state index contributed by atoms with van der Waals surface area (Å²) in [6.45, 7) is 3.55. The molecule has 2 aromatic rings. The molecule has 1 fully saturated rings. The van der Waals surface area contributed by atoms with Gasteiger partial charge in [0.05, 0.1) is 0 Å². The third-order valence-corrected chi connectivity index (χ3v) is 4.25. The number of imidazole rings is 1. The van der Waals surface area contributed by atoms with Crippen molar-refractivity contribution in [2.45, 2.75) is 25.8 Å². The Bertz CT molecular complexity index is 638. The van der Waals surface area contributed by atoms with Crippen LogP contribution in [0.4, 0.5) is 0 Å². The Labute approximate surface area is 130 Å². The van der Waals surface area contributed by atoms with Gasteiger partial charge in [0, 0.05) is 43.3 Å². The lowest BCUT2D eigenvalue weighted by Crippen LogP contribution is -2.45. The Balaban J connectivity index is 1.79. The number of amides is 1. The molecule has 0 aliphatic carbocycles. The van der Waals surface area contributed by atoms with Gasteiger partial charge in [0.15, 0.2) is 0 Å². The number of pyridine rings is 1. The summed E-state index contributed by atoms with van der Waals surface area (Å²) in [5, 5.41) is 0. The lowest BCUT2D eigenvalue weighted by atomic mass is 9.92. The number of rotatable bonds is 3. The van der Waals surface area contributed by atoms with Crippen molar-refractivity contribution in [3.05, 3.63) is 42.6 Å². The molecule has 3 heterocycles. The minimum atomic E-state index is 0.0501. The van der Waals surface area contributed by atoms with E-state index in [-0.39, 0.29) is 11.9 Å². The molecule has 1 amide bonds. The van der Waals surface area contributed by atoms with E-state index in [4.69, 9.17) is 5.73 Å². The Morgan fingerprint density at radius 3 is 3.05 bits per heavy atom. The fourth-order valence-electron chi connectivity index (χ4n) is 2.89. The number of hydrogen-bond acceptors (Lipinski definition) is 4. The van der Waals surface area contributed by atoms with E-state index in [1.165, 1.54) is 0 Å². The number of nitrogens with zero attached hydrogens (tertiary/aromatic N) is 4. The van der Waals surface area contributed by atoms with Crippen LogP contribution in [0, 0.1) is 5.92 Å². The quantitative estimate of drug-likeness (QED) is 0.931. The molecule has 22 heavy (non-hydrogen) atoms. The number of hydrogen-bond donors (Lipinski definition) is 1. The second-order valence-corrected chi connectivity index (χ2v) is 5.89. The van der Waals surface area contributed by atoms with Crippen molar-refractivity contribution in [3.8, 4) is 5.82 Å². The fraction of sp³-hybridized carbons (Fsp3) is 0.438. The van der Waals surface area contributed by atoms with Crippen LogP contribution in [-0.4, -0.2) is 44.5 Å². The van der Waals surface area contributed by atoms with Crippen molar-refractivity contribution in [2.24, 2.45) is 11.7 Å². The first kappa shape index (κ1) is 14.7. The average Bonchev–Trinajstić information content (AvgIpc) is 3.09. The summed E-state index contributed by atoms with van der Waals surface area (Å²) in [6.07, 6.45) is 8.94. The summed E-state index contributed by atoms with van der Waals surface area (Å²) < 4.78 is 1.79. The van der Waals surface area contributed by atoms with Gasteiger partial charge in [-0.15, -0.1) is 0 Å². The Morgan fingerprint density at radius 2 is 2.32 bits per heavy atom. The second kappa shape index (κ2) is 6.27. The van der Waals surface area contributed by atoms with Crippen molar-refractivity contribution in [1.29, 1.82) is 0 Å². The van der Waals surface area contributed by atoms with E-state index in [0.29, 0.717) is 17.3 Å². The lowest BCUT2D eigenvalue weighted by molar-refractivity contribution is 0.0661. The van der Waals surface area contributed by atoms with Crippen molar-refractivity contribution in [3.63, 3.8) is 0 Å². The van der Waals surface area contributed by atoms with Crippen LogP contribution in [0.2, 0.25) is 0 Å². The van der Waals surface area contributed by atoms with Crippen LogP contribution in [-0.2, 0) is 0 Å². The Kier molecular flexibility index (Phi) is 4.20. The number of aromatic nitrogens is 3. The van der Waals surface area contributed by atoms with Gasteiger partial charge < -0.3 is 10.6 Å². The summed E-state index contributed by atoms with van der Waals surface area (Å²) in [5.41, 5.74) is 6.65. The number of piperidine rings is 1. The average molecular weight is 299 g/mol. The monoisotopic (exact) mass is 299 g/mol. The highest BCUT2D eigenvalue weighted by Crippen LogP contribution is 2.21. The molecule has 0 aromatic carbocycles. The van der Waals surface area contributed by atoms with E-state index in [9.17, 15) is 4.79 Å². The summed E-state index contributed by atoms with van der Waals surface area (Å²) in [4.78, 5) is 22.9. The molecule has 1 saturated heterocycles. The third-order valence-electron chi connectivity index (χ3n) is 4.25. The third kappa shape index (κ3) is 3.01. The molecule has 3 rings (SSSR count). The first-order valence-electron chi connectivity index (χ1n) is 7.64. The van der Waals surface area contributed by atoms with Crippen LogP contribution in [0.15, 0.2) is 37.1 Å². The SMILES string of the molecule is C[C@H](N)[C@H]1CCCN(C(=O)c2ccnc(-n3ccnc3)c2)C1. The maximum absolute atomic E-state index is 12.7. The molecule has 1 aliphatic rings. The molecule has 0 bridgehead atoms. The van der Waals surface area contributed by atoms with Crippen molar-refractivity contribution in [2.75, 3.05) is 13.1 Å². The first-order valence-corrected chi connectivity index (χ1v) is 7.64. The van der Waals surface area contributed by atoms with Crippen LogP contribution in [0.5, 0.6) is 0 Å². The van der Waals surface area contributed by atoms with Gasteiger partial charge >= 0.3 is 0 Å². The molecule has 2 N–H and O–H groups in total. The highest BCUT2D eigenvalue weighted by molar-refractivity contribution is 5.94. The van der Waals surface area contributed by atoms with E-state index < -0.39 is 0 Å². The summed E-state index contributed by atoms with van der Waals surface area (Å²) in [6, 6.07) is 3.69. The predicted octanol–water partition coefficient (Wildman–Crippen LogP) is 1.47. The van der Waals surface area contributed by atoms with Crippen LogP contribution in [0.3, 0.4) is 0 Å². The second-order valence-electron chi connectivity index (χ2n) is 5.89. The molecule has 6 heteroatoms. The van der Waals surface area contributed by atoms with Gasteiger partial charge in [0.1, 0.15) is 12.1 Å². The molecule has 0 spiro atoms. The van der Waals surface area contributed by atoms with E-state index in [1.54, 1.807) is 35.4 Å². The normalized spacial score (nSPS) is 19.9. The zero-order chi connectivity index (χ0) is 15.5. The minimum Gasteiger partial charge on any atom is -0.338 e. The highest BCUT2D eigenvalue weighted by atomic mass is 16.2. The molecular weight excluding hydrogens is 278 g/mol.